The van der Waals surface area contributed by atoms with E-state index in [9.17, 15) is 19.0 Å². The van der Waals surface area contributed by atoms with Gasteiger partial charge in [0, 0.05) is 12.8 Å². The Labute approximate surface area is 532 Å². The number of esters is 2. The third-order valence-electron chi connectivity index (χ3n) is 15.9. The summed E-state index contributed by atoms with van der Waals surface area (Å²) in [6, 6.07) is 0. The van der Waals surface area contributed by atoms with Gasteiger partial charge in [0.1, 0.15) is 19.8 Å². The average Bonchev–Trinajstić information content (AvgIpc) is 3.67. The Morgan fingerprint density at radius 1 is 0.372 bits per heavy atom. The fourth-order valence-corrected chi connectivity index (χ4v) is 11.1. The Balaban J connectivity index is 3.91. The number of allylic oxidation sites excluding steroid dienone is 14. The molecule has 0 amide bonds. The van der Waals surface area contributed by atoms with Crippen molar-refractivity contribution in [2.75, 3.05) is 47.5 Å². The van der Waals surface area contributed by atoms with Crippen LogP contribution in [0.5, 0.6) is 0 Å². The number of rotatable bonds is 67. The van der Waals surface area contributed by atoms with Gasteiger partial charge in [0.05, 0.1) is 27.7 Å². The van der Waals surface area contributed by atoms with Crippen molar-refractivity contribution >= 4 is 19.8 Å². The zero-order valence-electron chi connectivity index (χ0n) is 57.0. The van der Waals surface area contributed by atoms with Crippen LogP contribution in [0.4, 0.5) is 0 Å². The molecular weight excluding hydrogens is 1090 g/mol. The van der Waals surface area contributed by atoms with Crippen molar-refractivity contribution in [1.29, 1.82) is 0 Å². The first kappa shape index (κ1) is 83.2. The molecule has 9 nitrogen and oxygen atoms in total. The number of phosphoric acid groups is 1. The predicted molar refractivity (Wildman–Crippen MR) is 372 cm³/mol. The van der Waals surface area contributed by atoms with Gasteiger partial charge in [-0.2, -0.15) is 0 Å². The lowest BCUT2D eigenvalue weighted by atomic mass is 10.0. The molecule has 0 spiro atoms. The first-order chi connectivity index (χ1) is 42.0. The lowest BCUT2D eigenvalue weighted by Crippen LogP contribution is -2.37. The summed E-state index contributed by atoms with van der Waals surface area (Å²) in [4.78, 5) is 35.8. The number of hydrogen-bond donors (Lipinski definition) is 1. The number of phosphoric ester groups is 1. The predicted octanol–water partition coefficient (Wildman–Crippen LogP) is 23.7. The van der Waals surface area contributed by atoms with E-state index in [1.807, 2.05) is 21.1 Å². The second-order valence-corrected chi connectivity index (χ2v) is 27.0. The average molecular weight is 1230 g/mol. The smallest absolute Gasteiger partial charge is 0.462 e. The Morgan fingerprint density at radius 3 is 0.988 bits per heavy atom. The van der Waals surface area contributed by atoms with Gasteiger partial charge in [0.25, 0.3) is 0 Å². The standard InChI is InChI=1S/C76H138NO8P/c1-6-8-10-12-14-16-18-20-22-24-26-28-29-30-31-32-33-34-35-36-37-38-39-40-41-42-43-44-45-46-47-49-50-52-54-56-58-60-62-64-66-68-75(78)82-72-74(73-84-86(80,81)83-71-70-77(3,4)5)85-76(79)69-67-65-63-61-59-57-55-53-51-48-27-25-23-21-19-17-15-13-11-9-7-2/h9,11,15,17-18,20-21,23-24,26-27,48,53,55,74H,6-8,10,12-14,16,19,22,25,28-47,49-52,54,56-73H2,1-5H3/p+1/b11-9-,17-15-,20-18-,23-21-,26-24-,48-27-,55-53-. The van der Waals surface area contributed by atoms with Crippen molar-refractivity contribution in [3.63, 3.8) is 0 Å². The van der Waals surface area contributed by atoms with Gasteiger partial charge >= 0.3 is 19.8 Å². The summed E-state index contributed by atoms with van der Waals surface area (Å²) in [6.07, 6.45) is 91.5. The minimum atomic E-state index is -4.40. The van der Waals surface area contributed by atoms with Gasteiger partial charge in [-0.15, -0.1) is 0 Å². The van der Waals surface area contributed by atoms with Crippen molar-refractivity contribution < 1.29 is 42.1 Å². The van der Waals surface area contributed by atoms with Crippen molar-refractivity contribution in [3.8, 4) is 0 Å². The number of carbonyl (C=O) groups is 2. The third-order valence-corrected chi connectivity index (χ3v) is 16.9. The first-order valence-electron chi connectivity index (χ1n) is 36.3. The molecule has 0 aliphatic heterocycles. The monoisotopic (exact) mass is 1230 g/mol. The van der Waals surface area contributed by atoms with E-state index in [2.05, 4.69) is 98.9 Å². The lowest BCUT2D eigenvalue weighted by molar-refractivity contribution is -0.870. The van der Waals surface area contributed by atoms with Crippen molar-refractivity contribution in [3.05, 3.63) is 85.1 Å². The molecule has 86 heavy (non-hydrogen) atoms. The Bertz CT molecular complexity index is 1730. The summed E-state index contributed by atoms with van der Waals surface area (Å²) in [5.41, 5.74) is 0. The Hall–Kier alpha value is -2.81. The quantitative estimate of drug-likeness (QED) is 0.0211. The van der Waals surface area contributed by atoms with Crippen LogP contribution in [-0.4, -0.2) is 74.9 Å². The number of hydrogen-bond acceptors (Lipinski definition) is 7. The molecule has 0 radical (unpaired) electrons. The number of unbranched alkanes of at least 4 members (excludes halogenated alkanes) is 39. The minimum Gasteiger partial charge on any atom is -0.462 e. The van der Waals surface area contributed by atoms with Gasteiger partial charge in [0.15, 0.2) is 6.10 Å². The van der Waals surface area contributed by atoms with Crippen LogP contribution >= 0.6 is 7.82 Å². The molecular formula is C76H139NO8P+. The molecule has 0 aliphatic rings. The van der Waals surface area contributed by atoms with E-state index in [1.54, 1.807) is 0 Å². The molecule has 0 aromatic heterocycles. The van der Waals surface area contributed by atoms with Crippen molar-refractivity contribution in [1.82, 2.24) is 0 Å². The van der Waals surface area contributed by atoms with Gasteiger partial charge in [-0.1, -0.05) is 317 Å². The molecule has 0 fully saturated rings. The van der Waals surface area contributed by atoms with Crippen LogP contribution < -0.4 is 0 Å². The summed E-state index contributed by atoms with van der Waals surface area (Å²) >= 11 is 0. The van der Waals surface area contributed by atoms with E-state index in [-0.39, 0.29) is 32.0 Å². The van der Waals surface area contributed by atoms with E-state index in [1.165, 1.54) is 212 Å². The van der Waals surface area contributed by atoms with E-state index in [4.69, 9.17) is 18.5 Å². The van der Waals surface area contributed by atoms with Gasteiger partial charge in [-0.3, -0.25) is 18.6 Å². The molecule has 10 heteroatoms. The highest BCUT2D eigenvalue weighted by atomic mass is 31.2. The van der Waals surface area contributed by atoms with Gasteiger partial charge < -0.3 is 18.9 Å². The summed E-state index contributed by atoms with van der Waals surface area (Å²) < 4.78 is 34.7. The van der Waals surface area contributed by atoms with Gasteiger partial charge in [-0.25, -0.2) is 4.57 Å². The molecule has 0 aliphatic carbocycles. The molecule has 0 bridgehead atoms. The van der Waals surface area contributed by atoms with Crippen molar-refractivity contribution in [2.45, 2.75) is 341 Å². The van der Waals surface area contributed by atoms with Crippen LogP contribution in [0.15, 0.2) is 85.1 Å². The fourth-order valence-electron chi connectivity index (χ4n) is 10.4. The molecule has 2 atom stereocenters. The first-order valence-corrected chi connectivity index (χ1v) is 37.8. The third kappa shape index (κ3) is 70.3. The topological polar surface area (TPSA) is 108 Å². The Morgan fingerprint density at radius 2 is 0.663 bits per heavy atom. The molecule has 0 saturated heterocycles. The molecule has 0 aromatic rings. The normalized spacial score (nSPS) is 13.6. The maximum absolute atomic E-state index is 12.8. The van der Waals surface area contributed by atoms with Gasteiger partial charge in [-0.05, 0) is 89.9 Å². The number of likely N-dealkylation sites (N-methyl/N-ethyl adjacent to an activating group) is 1. The molecule has 1 N–H and O–H groups in total. The largest absolute Gasteiger partial charge is 0.472 e. The van der Waals surface area contributed by atoms with Crippen LogP contribution in [0, 0.1) is 0 Å². The highest BCUT2D eigenvalue weighted by Gasteiger charge is 2.27. The van der Waals surface area contributed by atoms with E-state index in [0.717, 1.165) is 89.9 Å². The maximum atomic E-state index is 12.8. The second-order valence-electron chi connectivity index (χ2n) is 25.6. The minimum absolute atomic E-state index is 0.0256. The SMILES string of the molecule is CC/C=C\C/C=C\C/C=C\C/C=C\C/C=C\CCCCCCCC(=O)OC(COC(=O)CCCCCCCCCCCCCCCCCCCCCCCCCCCCCCC/C=C\C/C=C\CCCCCCC)COP(=O)(O)OCC[N+](C)(C)C. The summed E-state index contributed by atoms with van der Waals surface area (Å²) in [5.74, 6) is -0.810. The highest BCUT2D eigenvalue weighted by molar-refractivity contribution is 7.47. The fraction of sp³-hybridized carbons (Fsp3) is 0.789. The maximum Gasteiger partial charge on any atom is 0.472 e. The number of ether oxygens (including phenoxy) is 2. The van der Waals surface area contributed by atoms with Crippen LogP contribution in [0.2, 0.25) is 0 Å². The van der Waals surface area contributed by atoms with Crippen LogP contribution in [-0.2, 0) is 32.7 Å². The Kier molecular flexibility index (Phi) is 64.4. The number of carbonyl (C=O) groups excluding carboxylic acids is 2. The lowest BCUT2D eigenvalue weighted by Gasteiger charge is -2.24. The van der Waals surface area contributed by atoms with Crippen LogP contribution in [0.3, 0.4) is 0 Å². The second kappa shape index (κ2) is 66.6. The van der Waals surface area contributed by atoms with Gasteiger partial charge in [0.2, 0.25) is 0 Å². The summed E-state index contributed by atoms with van der Waals surface area (Å²) in [7, 11) is 1.47. The molecule has 2 unspecified atom stereocenters. The van der Waals surface area contributed by atoms with Crippen molar-refractivity contribution in [2.24, 2.45) is 0 Å². The molecule has 0 rings (SSSR count). The molecule has 0 saturated carbocycles. The molecule has 0 heterocycles. The van der Waals surface area contributed by atoms with E-state index >= 15 is 0 Å². The molecule has 500 valence electrons. The summed E-state index contributed by atoms with van der Waals surface area (Å²) in [6.45, 7) is 4.32. The van der Waals surface area contributed by atoms with Crippen LogP contribution in [0.1, 0.15) is 335 Å². The summed E-state index contributed by atoms with van der Waals surface area (Å²) in [5, 5.41) is 0. The van der Waals surface area contributed by atoms with E-state index in [0.29, 0.717) is 17.4 Å². The van der Waals surface area contributed by atoms with E-state index < -0.39 is 26.5 Å². The number of nitrogens with zero attached hydrogens (tertiary/aromatic N) is 1. The zero-order valence-corrected chi connectivity index (χ0v) is 57.9. The molecule has 0 aromatic carbocycles. The zero-order chi connectivity index (χ0) is 62.6. The van der Waals surface area contributed by atoms with Crippen LogP contribution in [0.25, 0.3) is 0 Å². The highest BCUT2D eigenvalue weighted by Crippen LogP contribution is 2.43. The number of quaternary nitrogens is 1.